The molecule has 3 aromatic rings. The number of ether oxygens (including phenoxy) is 2. The van der Waals surface area contributed by atoms with E-state index in [1.54, 1.807) is 0 Å². The fourth-order valence-electron chi connectivity index (χ4n) is 2.45. The van der Waals surface area contributed by atoms with Crippen LogP contribution in [0.25, 0.3) is 0 Å². The molecule has 2 nitrogen and oxygen atoms in total. The summed E-state index contributed by atoms with van der Waals surface area (Å²) >= 11 is 0. The van der Waals surface area contributed by atoms with Gasteiger partial charge >= 0.3 is 0 Å². The van der Waals surface area contributed by atoms with Gasteiger partial charge < -0.3 is 9.47 Å². The summed E-state index contributed by atoms with van der Waals surface area (Å²) in [5.74, 6) is 3.16. The normalized spacial score (nSPS) is 10.3. The Labute approximate surface area is 137 Å². The van der Waals surface area contributed by atoms with Gasteiger partial charge in [-0.1, -0.05) is 61.9 Å². The summed E-state index contributed by atoms with van der Waals surface area (Å²) in [6.45, 7) is 2.16. The molecule has 116 valence electrons. The van der Waals surface area contributed by atoms with E-state index < -0.39 is 0 Å². The number of hydrogen-bond acceptors (Lipinski definition) is 2. The van der Waals surface area contributed by atoms with Crippen LogP contribution in [0.1, 0.15) is 18.9 Å². The smallest absolute Gasteiger partial charge is 0.173 e. The SMILES string of the molecule is CCCc1cccc(Oc2ccccc2)c1Oc1ccccc1. The number of hydrogen-bond donors (Lipinski definition) is 0. The molecule has 0 heterocycles. The van der Waals surface area contributed by atoms with E-state index in [-0.39, 0.29) is 0 Å². The average Bonchev–Trinajstić information content (AvgIpc) is 2.60. The van der Waals surface area contributed by atoms with Crippen LogP contribution in [-0.2, 0) is 6.42 Å². The second kappa shape index (κ2) is 7.50. The number of benzene rings is 3. The van der Waals surface area contributed by atoms with Gasteiger partial charge in [-0.05, 0) is 42.3 Å². The third-order valence-corrected chi connectivity index (χ3v) is 3.51. The lowest BCUT2D eigenvalue weighted by atomic mass is 10.1. The van der Waals surface area contributed by atoms with E-state index >= 15 is 0 Å². The molecule has 0 aliphatic carbocycles. The van der Waals surface area contributed by atoms with Crippen molar-refractivity contribution in [3.8, 4) is 23.0 Å². The van der Waals surface area contributed by atoms with Gasteiger partial charge in [0, 0.05) is 0 Å². The molecule has 3 rings (SSSR count). The first kappa shape index (κ1) is 15.2. The van der Waals surface area contributed by atoms with Gasteiger partial charge in [0.2, 0.25) is 0 Å². The fourth-order valence-corrected chi connectivity index (χ4v) is 2.45. The predicted molar refractivity (Wildman–Crippen MR) is 93.5 cm³/mol. The van der Waals surface area contributed by atoms with Crippen LogP contribution in [0.2, 0.25) is 0 Å². The minimum atomic E-state index is 0.742. The van der Waals surface area contributed by atoms with Crippen molar-refractivity contribution in [2.24, 2.45) is 0 Å². The first-order valence-corrected chi connectivity index (χ1v) is 7.94. The van der Waals surface area contributed by atoms with Crippen LogP contribution >= 0.6 is 0 Å². The van der Waals surface area contributed by atoms with E-state index in [9.17, 15) is 0 Å². The molecular formula is C21H20O2. The fraction of sp³-hybridized carbons (Fsp3) is 0.143. The van der Waals surface area contributed by atoms with Gasteiger partial charge in [-0.3, -0.25) is 0 Å². The van der Waals surface area contributed by atoms with Gasteiger partial charge in [-0.25, -0.2) is 0 Å². The maximum absolute atomic E-state index is 6.14. The molecule has 0 unspecified atom stereocenters. The lowest BCUT2D eigenvalue weighted by Gasteiger charge is -2.16. The molecule has 0 radical (unpaired) electrons. The zero-order valence-corrected chi connectivity index (χ0v) is 13.2. The van der Waals surface area contributed by atoms with Gasteiger partial charge in [0.1, 0.15) is 11.5 Å². The highest BCUT2D eigenvalue weighted by atomic mass is 16.5. The zero-order chi connectivity index (χ0) is 15.9. The number of rotatable bonds is 6. The van der Waals surface area contributed by atoms with Crippen LogP contribution in [0.5, 0.6) is 23.0 Å². The third kappa shape index (κ3) is 3.92. The summed E-state index contributed by atoms with van der Waals surface area (Å²) in [6.07, 6.45) is 2.01. The highest BCUT2D eigenvalue weighted by Crippen LogP contribution is 2.38. The Balaban J connectivity index is 1.96. The van der Waals surface area contributed by atoms with Crippen molar-refractivity contribution < 1.29 is 9.47 Å². The van der Waals surface area contributed by atoms with Gasteiger partial charge in [0.25, 0.3) is 0 Å². The lowest BCUT2D eigenvalue weighted by molar-refractivity contribution is 0.414. The van der Waals surface area contributed by atoms with E-state index in [4.69, 9.17) is 9.47 Å². The van der Waals surface area contributed by atoms with E-state index in [0.717, 1.165) is 41.4 Å². The van der Waals surface area contributed by atoms with Gasteiger partial charge in [-0.2, -0.15) is 0 Å². The van der Waals surface area contributed by atoms with Crippen molar-refractivity contribution in [1.29, 1.82) is 0 Å². The second-order valence-corrected chi connectivity index (χ2v) is 5.32. The zero-order valence-electron chi connectivity index (χ0n) is 13.2. The van der Waals surface area contributed by atoms with Crippen LogP contribution < -0.4 is 9.47 Å². The topological polar surface area (TPSA) is 18.5 Å². The van der Waals surface area contributed by atoms with Crippen LogP contribution in [0.15, 0.2) is 78.9 Å². The molecule has 0 aliphatic heterocycles. The van der Waals surface area contributed by atoms with Crippen molar-refractivity contribution in [2.45, 2.75) is 19.8 Å². The molecule has 0 amide bonds. The van der Waals surface area contributed by atoms with Crippen molar-refractivity contribution >= 4 is 0 Å². The standard InChI is InChI=1S/C21H20O2/c1-2-10-17-11-9-16-20(22-18-12-5-3-6-13-18)21(17)23-19-14-7-4-8-15-19/h3-9,11-16H,2,10H2,1H3. The minimum absolute atomic E-state index is 0.742. The molecule has 0 saturated carbocycles. The van der Waals surface area contributed by atoms with Crippen LogP contribution in [-0.4, -0.2) is 0 Å². The van der Waals surface area contributed by atoms with Crippen molar-refractivity contribution in [2.75, 3.05) is 0 Å². The van der Waals surface area contributed by atoms with Gasteiger partial charge in [-0.15, -0.1) is 0 Å². The molecule has 0 spiro atoms. The monoisotopic (exact) mass is 304 g/mol. The Morgan fingerprint density at radius 1 is 0.652 bits per heavy atom. The van der Waals surface area contributed by atoms with Crippen molar-refractivity contribution in [3.05, 3.63) is 84.4 Å². The van der Waals surface area contributed by atoms with Gasteiger partial charge in [0.05, 0.1) is 0 Å². The summed E-state index contributed by atoms with van der Waals surface area (Å²) in [4.78, 5) is 0. The Kier molecular flexibility index (Phi) is 4.95. The van der Waals surface area contributed by atoms with E-state index in [0.29, 0.717) is 0 Å². The molecule has 0 fully saturated rings. The summed E-state index contributed by atoms with van der Waals surface area (Å²) in [5.41, 5.74) is 1.16. The van der Waals surface area contributed by atoms with Gasteiger partial charge in [0.15, 0.2) is 11.5 Å². The summed E-state index contributed by atoms with van der Waals surface area (Å²) in [5, 5.41) is 0. The summed E-state index contributed by atoms with van der Waals surface area (Å²) < 4.78 is 12.2. The average molecular weight is 304 g/mol. The number of aryl methyl sites for hydroxylation is 1. The van der Waals surface area contributed by atoms with E-state index in [1.165, 1.54) is 0 Å². The first-order valence-electron chi connectivity index (χ1n) is 7.94. The summed E-state index contributed by atoms with van der Waals surface area (Å²) in [7, 11) is 0. The number of para-hydroxylation sites is 3. The third-order valence-electron chi connectivity index (χ3n) is 3.51. The molecule has 3 aromatic carbocycles. The maximum atomic E-state index is 6.14. The molecule has 0 aliphatic rings. The molecule has 0 bridgehead atoms. The Hall–Kier alpha value is -2.74. The second-order valence-electron chi connectivity index (χ2n) is 5.32. The minimum Gasteiger partial charge on any atom is -0.453 e. The van der Waals surface area contributed by atoms with Crippen molar-refractivity contribution in [3.63, 3.8) is 0 Å². The van der Waals surface area contributed by atoms with Crippen LogP contribution in [0, 0.1) is 0 Å². The van der Waals surface area contributed by atoms with E-state index in [1.807, 2.05) is 72.8 Å². The molecule has 23 heavy (non-hydrogen) atoms. The Morgan fingerprint density at radius 3 is 1.87 bits per heavy atom. The molecule has 0 N–H and O–H groups in total. The highest BCUT2D eigenvalue weighted by Gasteiger charge is 2.12. The highest BCUT2D eigenvalue weighted by molar-refractivity contribution is 5.50. The first-order chi connectivity index (χ1) is 11.4. The Bertz CT molecular complexity index is 736. The molecule has 0 atom stereocenters. The molecular weight excluding hydrogens is 284 g/mol. The lowest BCUT2D eigenvalue weighted by Crippen LogP contribution is -1.95. The Morgan fingerprint density at radius 2 is 1.26 bits per heavy atom. The maximum Gasteiger partial charge on any atom is 0.173 e. The molecule has 0 saturated heterocycles. The largest absolute Gasteiger partial charge is 0.453 e. The van der Waals surface area contributed by atoms with E-state index in [2.05, 4.69) is 13.0 Å². The predicted octanol–water partition coefficient (Wildman–Crippen LogP) is 6.22. The molecule has 2 heteroatoms. The quantitative estimate of drug-likeness (QED) is 0.538. The van der Waals surface area contributed by atoms with Crippen LogP contribution in [0.3, 0.4) is 0 Å². The molecule has 0 aromatic heterocycles. The van der Waals surface area contributed by atoms with Crippen LogP contribution in [0.4, 0.5) is 0 Å². The summed E-state index contributed by atoms with van der Waals surface area (Å²) in [6, 6.07) is 25.7. The van der Waals surface area contributed by atoms with Crippen molar-refractivity contribution in [1.82, 2.24) is 0 Å².